The minimum Gasteiger partial charge on any atom is -0.459 e. The smallest absolute Gasteiger partial charge is 0.337 e. The highest BCUT2D eigenvalue weighted by Gasteiger charge is 2.48. The molecule has 0 aliphatic carbocycles. The van der Waals surface area contributed by atoms with Crippen LogP contribution in [0.4, 0.5) is 0 Å². The number of Topliss-reactive ketones (excluding diaryl/α,β-unsaturated/α-hetero) is 1. The summed E-state index contributed by atoms with van der Waals surface area (Å²) in [6, 6.07) is 20.4. The molecule has 2 saturated heterocycles. The van der Waals surface area contributed by atoms with Crippen LogP contribution in [0.2, 0.25) is 37.8 Å². The number of methoxy groups -OCH3 is 1. The first kappa shape index (κ1) is 67.7. The van der Waals surface area contributed by atoms with Gasteiger partial charge in [0, 0.05) is 37.9 Å². The van der Waals surface area contributed by atoms with Gasteiger partial charge in [0.15, 0.2) is 22.4 Å². The molecule has 0 unspecified atom stereocenters. The number of allylic oxidation sites excluding steroid dienone is 1. The first-order valence-corrected chi connectivity index (χ1v) is 35.7. The monoisotopic (exact) mass is 1130 g/mol. The number of ketones is 1. The van der Waals surface area contributed by atoms with Crippen LogP contribution in [0.5, 0.6) is 0 Å². The largest absolute Gasteiger partial charge is 0.459 e. The summed E-state index contributed by atoms with van der Waals surface area (Å²) in [5, 5.41) is 12.0. The van der Waals surface area contributed by atoms with Crippen molar-refractivity contribution >= 4 is 40.3 Å². The molecule has 15 heteroatoms. The number of hydrogen-bond acceptors (Lipinski definition) is 13. The van der Waals surface area contributed by atoms with E-state index in [0.29, 0.717) is 42.3 Å². The summed E-state index contributed by atoms with van der Waals surface area (Å²) >= 11 is 0. The summed E-state index contributed by atoms with van der Waals surface area (Å²) in [5.74, 6) is -2.60. The zero-order chi connectivity index (χ0) is 58.7. The predicted molar refractivity (Wildman–Crippen MR) is 317 cm³/mol. The molecule has 79 heavy (non-hydrogen) atoms. The number of aliphatic hydroxyl groups is 1. The van der Waals surface area contributed by atoms with Crippen LogP contribution in [0.1, 0.15) is 151 Å². The third-order valence-electron chi connectivity index (χ3n) is 16.9. The van der Waals surface area contributed by atoms with E-state index in [0.717, 1.165) is 56.1 Å². The van der Waals surface area contributed by atoms with Crippen LogP contribution in [-0.4, -0.2) is 101 Å². The molecule has 2 aliphatic rings. The van der Waals surface area contributed by atoms with E-state index in [1.54, 1.807) is 0 Å². The fourth-order valence-corrected chi connectivity index (χ4v) is 15.4. The minimum absolute atomic E-state index is 0.00803. The first-order valence-electron chi connectivity index (χ1n) is 29.7. The van der Waals surface area contributed by atoms with Crippen LogP contribution in [0.15, 0.2) is 84.5 Å². The van der Waals surface area contributed by atoms with Crippen LogP contribution in [0.3, 0.4) is 0 Å². The average Bonchev–Trinajstić information content (AvgIpc) is 3.47. The summed E-state index contributed by atoms with van der Waals surface area (Å²) in [6.45, 7) is 32.4. The Morgan fingerprint density at radius 1 is 0.759 bits per heavy atom. The van der Waals surface area contributed by atoms with Crippen molar-refractivity contribution in [1.82, 2.24) is 0 Å². The number of benzene rings is 2. The second-order valence-corrected chi connectivity index (χ2v) is 33.6. The van der Waals surface area contributed by atoms with E-state index in [1.165, 1.54) is 14.0 Å². The Hall–Kier alpha value is -3.81. The van der Waals surface area contributed by atoms with Crippen molar-refractivity contribution in [2.75, 3.05) is 7.11 Å². The van der Waals surface area contributed by atoms with Gasteiger partial charge in [-0.25, -0.2) is 9.59 Å². The van der Waals surface area contributed by atoms with Gasteiger partial charge >= 0.3 is 17.9 Å². The van der Waals surface area contributed by atoms with E-state index in [1.807, 2.05) is 108 Å². The lowest BCUT2D eigenvalue weighted by Gasteiger charge is -2.51. The highest BCUT2D eigenvalue weighted by atomic mass is 28.4. The Bertz CT molecular complexity index is 2220. The number of esters is 3. The predicted octanol–water partition coefficient (Wildman–Crippen LogP) is 13.7. The van der Waals surface area contributed by atoms with Gasteiger partial charge in [0.1, 0.15) is 31.2 Å². The van der Waals surface area contributed by atoms with Gasteiger partial charge in [-0.15, -0.1) is 6.58 Å². The second-order valence-electron chi connectivity index (χ2n) is 24.4. The molecule has 1 N–H and O–H groups in total. The van der Waals surface area contributed by atoms with Gasteiger partial charge in [0.2, 0.25) is 0 Å². The molecular formula is C64H102O13Si2. The van der Waals surface area contributed by atoms with E-state index >= 15 is 0 Å². The van der Waals surface area contributed by atoms with Gasteiger partial charge in [0.05, 0.1) is 42.5 Å². The van der Waals surface area contributed by atoms with Gasteiger partial charge in [-0.05, 0) is 124 Å². The Balaban J connectivity index is 1.54. The molecule has 2 aliphatic heterocycles. The minimum atomic E-state index is -2.63. The van der Waals surface area contributed by atoms with E-state index < -0.39 is 83.2 Å². The summed E-state index contributed by atoms with van der Waals surface area (Å²) in [5.41, 5.74) is 1.32. The average molecular weight is 1140 g/mol. The molecule has 0 amide bonds. The molecule has 0 aromatic heterocycles. The Morgan fingerprint density at radius 2 is 1.32 bits per heavy atom. The Morgan fingerprint density at radius 3 is 1.84 bits per heavy atom. The maximum Gasteiger partial charge on any atom is 0.337 e. The lowest BCUT2D eigenvalue weighted by atomic mass is 9.79. The third-order valence-corrected chi connectivity index (χ3v) is 22.5. The van der Waals surface area contributed by atoms with Crippen molar-refractivity contribution in [3.05, 3.63) is 95.6 Å². The molecule has 4 rings (SSSR count). The SMILES string of the molecule is C=C[C@@H](C)CC[C@@H]1O[C@@]2(CC[C@H]1C)CC[C@H](C)[C@H]([C@H](C)CC[C@H](O[Si](C)(C)C)[C@H](C)C(=O)C[C@@H](O)[C@H](OC)[C@H](OC(=O)C[C@@H](O[Si](CC)(CC)CC)/C(C(=O)OCc1ccccc1)=C(\C)C(=O)OCc1ccccc1)C(C)C)O2. The molecular weight excluding hydrogens is 1030 g/mol. The highest BCUT2D eigenvalue weighted by molar-refractivity contribution is 6.73. The normalized spacial score (nSPS) is 23.3. The fourth-order valence-electron chi connectivity index (χ4n) is 11.3. The van der Waals surface area contributed by atoms with E-state index in [-0.39, 0.29) is 60.6 Å². The van der Waals surface area contributed by atoms with Gasteiger partial charge in [-0.3, -0.25) is 9.59 Å². The van der Waals surface area contributed by atoms with E-state index in [9.17, 15) is 24.3 Å². The van der Waals surface area contributed by atoms with E-state index in [2.05, 4.69) is 53.9 Å². The fraction of sp³-hybridized carbons (Fsp3) is 0.688. The van der Waals surface area contributed by atoms with Gasteiger partial charge in [-0.2, -0.15) is 0 Å². The molecule has 0 radical (unpaired) electrons. The summed E-state index contributed by atoms with van der Waals surface area (Å²) < 4.78 is 51.6. The number of carbonyl (C=O) groups is 4. The van der Waals surface area contributed by atoms with Crippen molar-refractivity contribution < 1.29 is 61.6 Å². The first-order chi connectivity index (χ1) is 37.3. The molecule has 2 heterocycles. The Labute approximate surface area is 477 Å². The van der Waals surface area contributed by atoms with Crippen LogP contribution in [-0.2, 0) is 69.7 Å². The molecule has 444 valence electrons. The lowest BCUT2D eigenvalue weighted by Crippen LogP contribution is -2.53. The van der Waals surface area contributed by atoms with Crippen molar-refractivity contribution in [3.63, 3.8) is 0 Å². The maximum absolute atomic E-state index is 14.5. The number of aliphatic hydroxyl groups excluding tert-OH is 1. The van der Waals surface area contributed by atoms with Crippen molar-refractivity contribution in [2.45, 2.75) is 240 Å². The highest BCUT2D eigenvalue weighted by Crippen LogP contribution is 2.46. The molecule has 1 spiro atoms. The summed E-state index contributed by atoms with van der Waals surface area (Å²) in [6.07, 6.45) is 3.64. The molecule has 0 saturated carbocycles. The number of rotatable bonds is 33. The molecule has 2 fully saturated rings. The number of hydrogen-bond donors (Lipinski definition) is 1. The molecule has 13 atom stereocenters. The maximum atomic E-state index is 14.5. The topological polar surface area (TPSA) is 162 Å². The number of ether oxygens (including phenoxy) is 6. The third kappa shape index (κ3) is 20.5. The zero-order valence-electron chi connectivity index (χ0n) is 51.0. The summed E-state index contributed by atoms with van der Waals surface area (Å²) in [7, 11) is -3.37. The quantitative estimate of drug-likeness (QED) is 0.0236. The molecule has 2 aromatic carbocycles. The van der Waals surface area contributed by atoms with Gasteiger partial charge < -0.3 is 42.4 Å². The Kier molecular flexibility index (Phi) is 27.5. The van der Waals surface area contributed by atoms with Gasteiger partial charge in [-0.1, -0.05) is 136 Å². The van der Waals surface area contributed by atoms with Gasteiger partial charge in [0.25, 0.3) is 0 Å². The molecule has 13 nitrogen and oxygen atoms in total. The van der Waals surface area contributed by atoms with E-state index in [4.69, 9.17) is 37.3 Å². The van der Waals surface area contributed by atoms with Crippen molar-refractivity contribution in [1.29, 1.82) is 0 Å². The molecule has 0 bridgehead atoms. The van der Waals surface area contributed by atoms with Crippen molar-refractivity contribution in [3.8, 4) is 0 Å². The standard InChI is InChI=1S/C64H102O13Si2/c1-17-44(7)31-33-54-45(8)35-37-64(74-54)38-36-47(10)60(75-64)46(9)32-34-55(76-78(14,15)16)48(11)52(65)39-53(66)61(70-13)59(43(5)6)73-57(67)40-56(77-79(18-2,19-3)20-4)58(63(69)72-42-51-29-25-22-26-30-51)49(12)62(68)71-41-50-27-23-21-24-28-50/h17,21-30,43-48,53-56,59-61,66H,1,18-20,31-42H2,2-16H3/b58-49-/t44-,45-,46-,47+,48-,53-,54+,55+,56-,59-,60+,61+,64-/m1/s1. The lowest BCUT2D eigenvalue weighted by molar-refractivity contribution is -0.338. The van der Waals surface area contributed by atoms with Crippen LogP contribution in [0, 0.1) is 35.5 Å². The number of carbonyl (C=O) groups excluding carboxylic acids is 4. The van der Waals surface area contributed by atoms with Crippen LogP contribution < -0.4 is 0 Å². The zero-order valence-corrected chi connectivity index (χ0v) is 53.0. The van der Waals surface area contributed by atoms with Crippen molar-refractivity contribution in [2.24, 2.45) is 35.5 Å². The van der Waals surface area contributed by atoms with Crippen LogP contribution in [0.25, 0.3) is 0 Å². The summed E-state index contributed by atoms with van der Waals surface area (Å²) in [4.78, 5) is 57.4. The van der Waals surface area contributed by atoms with Crippen LogP contribution >= 0.6 is 0 Å². The second kappa shape index (κ2) is 32.1. The molecule has 2 aromatic rings.